The van der Waals surface area contributed by atoms with Crippen LogP contribution in [0.5, 0.6) is 11.5 Å². The Balaban J connectivity index is 1.12. The van der Waals surface area contributed by atoms with Crippen molar-refractivity contribution in [1.29, 1.82) is 0 Å². The third-order valence-corrected chi connectivity index (χ3v) is 8.70. The molecular formula is C31H29FN4O4S. The number of hydrogen-bond acceptors (Lipinski definition) is 7. The fourth-order valence-corrected chi connectivity index (χ4v) is 6.35. The molecule has 2 aliphatic rings. The van der Waals surface area contributed by atoms with Crippen LogP contribution in [0.1, 0.15) is 37.3 Å². The zero-order valence-corrected chi connectivity index (χ0v) is 23.5. The van der Waals surface area contributed by atoms with Crippen molar-refractivity contribution in [3.63, 3.8) is 0 Å². The van der Waals surface area contributed by atoms with Crippen molar-refractivity contribution < 1.29 is 23.5 Å². The molecule has 5 heterocycles. The first-order chi connectivity index (χ1) is 19.8. The number of halogens is 1. The Kier molecular flexibility index (Phi) is 7.49. The SMILES string of the molecule is CC(=O)N1CC(CC(=O)Cc2ccc(Oc3ccnc4cc(-c5ccc(CN6CCCC6=O)cn5)sc34)c(F)c2)C1. The van der Waals surface area contributed by atoms with Crippen LogP contribution >= 0.6 is 11.3 Å². The number of benzene rings is 1. The second-order valence-electron chi connectivity index (χ2n) is 10.7. The highest BCUT2D eigenvalue weighted by Gasteiger charge is 2.30. The Hall–Kier alpha value is -4.18. The van der Waals surface area contributed by atoms with E-state index in [2.05, 4.69) is 9.97 Å². The summed E-state index contributed by atoms with van der Waals surface area (Å²) < 4.78 is 21.8. The van der Waals surface area contributed by atoms with Gasteiger partial charge in [0, 0.05) is 76.7 Å². The number of pyridine rings is 2. The third kappa shape index (κ3) is 5.97. The monoisotopic (exact) mass is 572 g/mol. The number of ketones is 1. The van der Waals surface area contributed by atoms with E-state index in [1.807, 2.05) is 23.1 Å². The van der Waals surface area contributed by atoms with Crippen LogP contribution in [-0.2, 0) is 27.3 Å². The van der Waals surface area contributed by atoms with Crippen molar-refractivity contribution in [2.24, 2.45) is 5.92 Å². The molecule has 4 aromatic rings. The molecule has 8 nitrogen and oxygen atoms in total. The molecule has 6 rings (SSSR count). The predicted molar refractivity (Wildman–Crippen MR) is 153 cm³/mol. The highest BCUT2D eigenvalue weighted by molar-refractivity contribution is 7.22. The minimum Gasteiger partial charge on any atom is -0.453 e. The van der Waals surface area contributed by atoms with Gasteiger partial charge in [0.2, 0.25) is 11.8 Å². The Morgan fingerprint density at radius 1 is 1.07 bits per heavy atom. The summed E-state index contributed by atoms with van der Waals surface area (Å²) in [4.78, 5) is 49.2. The molecule has 10 heteroatoms. The van der Waals surface area contributed by atoms with Crippen molar-refractivity contribution in [3.05, 3.63) is 71.8 Å². The fraction of sp³-hybridized carbons (Fsp3) is 0.323. The van der Waals surface area contributed by atoms with Crippen molar-refractivity contribution >= 4 is 39.2 Å². The Labute approximate surface area is 240 Å². The number of hydrogen-bond donors (Lipinski definition) is 0. The van der Waals surface area contributed by atoms with Crippen molar-refractivity contribution in [1.82, 2.24) is 19.8 Å². The van der Waals surface area contributed by atoms with Gasteiger partial charge >= 0.3 is 0 Å². The Morgan fingerprint density at radius 2 is 1.90 bits per heavy atom. The van der Waals surface area contributed by atoms with Gasteiger partial charge in [0.05, 0.1) is 20.8 Å². The number of amides is 2. The molecule has 2 amide bonds. The molecule has 0 N–H and O–H groups in total. The zero-order chi connectivity index (χ0) is 28.5. The van der Waals surface area contributed by atoms with E-state index in [1.54, 1.807) is 35.5 Å². The molecule has 0 aliphatic carbocycles. The van der Waals surface area contributed by atoms with Crippen molar-refractivity contribution in [2.45, 2.75) is 39.2 Å². The fourth-order valence-electron chi connectivity index (χ4n) is 5.31. The van der Waals surface area contributed by atoms with Gasteiger partial charge in [-0.05, 0) is 41.8 Å². The molecule has 41 heavy (non-hydrogen) atoms. The van der Waals surface area contributed by atoms with E-state index in [0.29, 0.717) is 43.8 Å². The van der Waals surface area contributed by atoms with Gasteiger partial charge in [-0.15, -0.1) is 11.3 Å². The lowest BCUT2D eigenvalue weighted by molar-refractivity contribution is -0.137. The highest BCUT2D eigenvalue weighted by Crippen LogP contribution is 2.39. The molecule has 210 valence electrons. The molecule has 0 bridgehead atoms. The number of aromatic nitrogens is 2. The van der Waals surface area contributed by atoms with Gasteiger partial charge < -0.3 is 14.5 Å². The maximum Gasteiger partial charge on any atom is 0.222 e. The Bertz CT molecular complexity index is 1630. The van der Waals surface area contributed by atoms with E-state index in [-0.39, 0.29) is 35.7 Å². The van der Waals surface area contributed by atoms with Gasteiger partial charge in [0.1, 0.15) is 11.5 Å². The molecule has 2 fully saturated rings. The average Bonchev–Trinajstić information content (AvgIpc) is 3.54. The molecule has 1 aromatic carbocycles. The van der Waals surface area contributed by atoms with E-state index >= 15 is 4.39 Å². The van der Waals surface area contributed by atoms with Crippen LogP contribution < -0.4 is 4.74 Å². The van der Waals surface area contributed by atoms with Crippen LogP contribution in [0.3, 0.4) is 0 Å². The topological polar surface area (TPSA) is 92.7 Å². The average molecular weight is 573 g/mol. The zero-order valence-electron chi connectivity index (χ0n) is 22.6. The summed E-state index contributed by atoms with van der Waals surface area (Å²) in [6.07, 6.45) is 5.46. The van der Waals surface area contributed by atoms with Gasteiger partial charge in [0.15, 0.2) is 11.6 Å². The van der Waals surface area contributed by atoms with Gasteiger partial charge in [-0.1, -0.05) is 12.1 Å². The van der Waals surface area contributed by atoms with Crippen LogP contribution in [0.4, 0.5) is 4.39 Å². The normalized spacial score (nSPS) is 15.4. The van der Waals surface area contributed by atoms with Crippen LogP contribution in [0, 0.1) is 11.7 Å². The lowest BCUT2D eigenvalue weighted by Crippen LogP contribution is -2.49. The summed E-state index contributed by atoms with van der Waals surface area (Å²) in [5, 5.41) is 0. The largest absolute Gasteiger partial charge is 0.453 e. The molecule has 2 aliphatic heterocycles. The lowest BCUT2D eigenvalue weighted by Gasteiger charge is -2.38. The first-order valence-corrected chi connectivity index (χ1v) is 14.5. The number of rotatable bonds is 9. The number of carbonyl (C=O) groups excluding carboxylic acids is 3. The van der Waals surface area contributed by atoms with E-state index in [0.717, 1.165) is 39.3 Å². The van der Waals surface area contributed by atoms with Crippen LogP contribution in [0.25, 0.3) is 20.8 Å². The van der Waals surface area contributed by atoms with Crippen molar-refractivity contribution in [3.8, 4) is 22.1 Å². The maximum atomic E-state index is 15.0. The molecule has 0 atom stereocenters. The number of Topliss-reactive ketones (excluding diaryl/α,β-unsaturated/α-hetero) is 1. The number of ether oxygens (including phenoxy) is 1. The molecule has 3 aromatic heterocycles. The van der Waals surface area contributed by atoms with E-state index in [4.69, 9.17) is 4.74 Å². The summed E-state index contributed by atoms with van der Waals surface area (Å²) in [6, 6.07) is 12.1. The van der Waals surface area contributed by atoms with Gasteiger partial charge in [0.25, 0.3) is 0 Å². The summed E-state index contributed by atoms with van der Waals surface area (Å²) in [7, 11) is 0. The maximum absolute atomic E-state index is 15.0. The summed E-state index contributed by atoms with van der Waals surface area (Å²) >= 11 is 1.46. The van der Waals surface area contributed by atoms with Crippen LogP contribution in [0.2, 0.25) is 0 Å². The molecule has 0 spiro atoms. The van der Waals surface area contributed by atoms with E-state index in [1.165, 1.54) is 24.3 Å². The molecule has 0 radical (unpaired) electrons. The van der Waals surface area contributed by atoms with Gasteiger partial charge in [-0.2, -0.15) is 0 Å². The first-order valence-electron chi connectivity index (χ1n) is 13.7. The number of nitrogens with zero attached hydrogens (tertiary/aromatic N) is 4. The summed E-state index contributed by atoms with van der Waals surface area (Å²) in [5.74, 6) is 0.421. The minimum absolute atomic E-state index is 0.0230. The van der Waals surface area contributed by atoms with E-state index < -0.39 is 5.82 Å². The van der Waals surface area contributed by atoms with Gasteiger partial charge in [-0.3, -0.25) is 24.4 Å². The number of likely N-dealkylation sites (tertiary alicyclic amines) is 2. The molecule has 0 unspecified atom stereocenters. The second kappa shape index (κ2) is 11.4. The second-order valence-corrected chi connectivity index (χ2v) is 11.7. The molecule has 2 saturated heterocycles. The number of thiophene rings is 1. The van der Waals surface area contributed by atoms with Crippen molar-refractivity contribution in [2.75, 3.05) is 19.6 Å². The predicted octanol–water partition coefficient (Wildman–Crippen LogP) is 5.39. The summed E-state index contributed by atoms with van der Waals surface area (Å²) in [5.41, 5.74) is 3.07. The summed E-state index contributed by atoms with van der Waals surface area (Å²) in [6.45, 7) is 4.09. The highest BCUT2D eigenvalue weighted by atomic mass is 32.1. The molecular weight excluding hydrogens is 543 g/mol. The van der Waals surface area contributed by atoms with Gasteiger partial charge in [-0.25, -0.2) is 4.39 Å². The first kappa shape index (κ1) is 27.0. The third-order valence-electron chi connectivity index (χ3n) is 7.53. The number of fused-ring (bicyclic) bond motifs is 1. The van der Waals surface area contributed by atoms with E-state index in [9.17, 15) is 14.4 Å². The van der Waals surface area contributed by atoms with Crippen LogP contribution in [-0.4, -0.2) is 57.0 Å². The number of carbonyl (C=O) groups is 3. The standard InChI is InChI=1S/C31H29FN4O4S/c1-19(37)36-17-22(18-36)12-23(38)11-20-5-7-27(24(32)13-20)40-28-8-9-33-26-14-29(41-31(26)28)25-6-4-21(15-34-25)16-35-10-2-3-30(35)39/h4-9,13-15,22H,2-3,10-12,16-18H2,1H3. The smallest absolute Gasteiger partial charge is 0.222 e. The quantitative estimate of drug-likeness (QED) is 0.267. The molecule has 0 saturated carbocycles. The lowest BCUT2D eigenvalue weighted by atomic mass is 9.92. The minimum atomic E-state index is -0.544. The Morgan fingerprint density at radius 3 is 2.61 bits per heavy atom. The van der Waals surface area contributed by atoms with Crippen LogP contribution in [0.15, 0.2) is 54.9 Å².